The van der Waals surface area contributed by atoms with Crippen molar-refractivity contribution in [3.05, 3.63) is 76.1 Å². The number of halogens is 4. The Morgan fingerprint density at radius 1 is 1.11 bits per heavy atom. The summed E-state index contributed by atoms with van der Waals surface area (Å²) in [7, 11) is 0. The molecule has 1 aromatic carbocycles. The summed E-state index contributed by atoms with van der Waals surface area (Å²) in [6.45, 7) is 3.66. The van der Waals surface area contributed by atoms with Gasteiger partial charge in [-0.25, -0.2) is 9.97 Å². The van der Waals surface area contributed by atoms with Crippen LogP contribution in [0.25, 0.3) is 0 Å². The highest BCUT2D eigenvalue weighted by Gasteiger charge is 2.44. The van der Waals surface area contributed by atoms with Crippen molar-refractivity contribution in [3.8, 4) is 0 Å². The quantitative estimate of drug-likeness (QED) is 0.373. The van der Waals surface area contributed by atoms with Crippen LogP contribution < -0.4 is 10.6 Å². The number of alkyl halides is 3. The largest absolute Gasteiger partial charge is 0.418 e. The number of hydrogen-bond donors (Lipinski definition) is 2. The van der Waals surface area contributed by atoms with E-state index in [1.54, 1.807) is 19.9 Å². The van der Waals surface area contributed by atoms with Crippen molar-refractivity contribution in [1.82, 2.24) is 20.3 Å². The standard InChI is InChI=1S/C26H25ClF3N5O3/c1-15-3-4-21(19(7-15)26(28,29)30)35-18-8-20(27)22(33-12-18)13-34-24(37)25(5-6-38-14-25)9-23(36)17-10-31-16(2)32-11-17/h3-4,7-8,10-12,35H,5-6,9,13-14H2,1-2H3,(H,34,37)/t25-/m0/s1. The highest BCUT2D eigenvalue weighted by Crippen LogP contribution is 2.37. The molecule has 3 aromatic rings. The number of aromatic nitrogens is 3. The lowest BCUT2D eigenvalue weighted by Gasteiger charge is -2.25. The van der Waals surface area contributed by atoms with Crippen LogP contribution in [-0.4, -0.2) is 39.9 Å². The Hall–Kier alpha value is -3.57. The van der Waals surface area contributed by atoms with Crippen LogP contribution in [0.4, 0.5) is 24.5 Å². The molecule has 0 bridgehead atoms. The molecular weight excluding hydrogens is 523 g/mol. The molecule has 200 valence electrons. The summed E-state index contributed by atoms with van der Waals surface area (Å²) in [5.74, 6) is -0.124. The van der Waals surface area contributed by atoms with E-state index in [4.69, 9.17) is 16.3 Å². The van der Waals surface area contributed by atoms with Gasteiger partial charge in [0.05, 0.1) is 58.0 Å². The van der Waals surface area contributed by atoms with Gasteiger partial charge < -0.3 is 15.4 Å². The third-order valence-corrected chi connectivity index (χ3v) is 6.61. The molecule has 2 aromatic heterocycles. The number of pyridine rings is 1. The second kappa shape index (κ2) is 11.0. The minimum Gasteiger partial charge on any atom is -0.380 e. The van der Waals surface area contributed by atoms with E-state index >= 15 is 0 Å². The SMILES string of the molecule is Cc1ccc(Nc2cnc(CNC(=O)[C@]3(CC(=O)c4cnc(C)nc4)CCOC3)c(Cl)c2)c(C(F)(F)F)c1. The van der Waals surface area contributed by atoms with Gasteiger partial charge in [-0.15, -0.1) is 0 Å². The van der Waals surface area contributed by atoms with Crippen LogP contribution in [0.5, 0.6) is 0 Å². The topological polar surface area (TPSA) is 106 Å². The highest BCUT2D eigenvalue weighted by atomic mass is 35.5. The summed E-state index contributed by atoms with van der Waals surface area (Å²) in [6.07, 6.45) is -0.0572. The van der Waals surface area contributed by atoms with E-state index in [9.17, 15) is 22.8 Å². The summed E-state index contributed by atoms with van der Waals surface area (Å²) >= 11 is 6.34. The average Bonchev–Trinajstić information content (AvgIpc) is 3.34. The summed E-state index contributed by atoms with van der Waals surface area (Å²) < 4.78 is 45.8. The van der Waals surface area contributed by atoms with Crippen molar-refractivity contribution >= 4 is 34.7 Å². The molecule has 4 rings (SSSR count). The second-order valence-electron chi connectivity index (χ2n) is 9.21. The van der Waals surface area contributed by atoms with E-state index < -0.39 is 17.2 Å². The van der Waals surface area contributed by atoms with Crippen molar-refractivity contribution in [3.63, 3.8) is 0 Å². The maximum absolute atomic E-state index is 13.4. The Morgan fingerprint density at radius 3 is 2.47 bits per heavy atom. The van der Waals surface area contributed by atoms with Gasteiger partial charge in [-0.05, 0) is 38.5 Å². The van der Waals surface area contributed by atoms with Crippen molar-refractivity contribution in [2.24, 2.45) is 5.41 Å². The number of ketones is 1. The molecule has 0 spiro atoms. The van der Waals surface area contributed by atoms with Crippen LogP contribution in [0.3, 0.4) is 0 Å². The fourth-order valence-electron chi connectivity index (χ4n) is 4.13. The molecule has 1 fully saturated rings. The van der Waals surface area contributed by atoms with E-state index in [2.05, 4.69) is 25.6 Å². The number of nitrogens with one attached hydrogen (secondary N) is 2. The molecule has 2 N–H and O–H groups in total. The summed E-state index contributed by atoms with van der Waals surface area (Å²) in [5, 5.41) is 5.64. The van der Waals surface area contributed by atoms with Crippen LogP contribution in [0.15, 0.2) is 42.9 Å². The normalized spacial score (nSPS) is 17.3. The van der Waals surface area contributed by atoms with Crippen LogP contribution in [0.2, 0.25) is 5.02 Å². The van der Waals surface area contributed by atoms with E-state index in [1.165, 1.54) is 30.7 Å². The smallest absolute Gasteiger partial charge is 0.380 e. The maximum Gasteiger partial charge on any atom is 0.418 e. The number of anilines is 2. The third kappa shape index (κ3) is 6.28. The van der Waals surface area contributed by atoms with Gasteiger partial charge in [-0.1, -0.05) is 23.2 Å². The van der Waals surface area contributed by atoms with Gasteiger partial charge in [0.25, 0.3) is 0 Å². The molecule has 38 heavy (non-hydrogen) atoms. The van der Waals surface area contributed by atoms with Gasteiger partial charge in [0, 0.05) is 25.4 Å². The average molecular weight is 548 g/mol. The predicted molar refractivity (Wildman–Crippen MR) is 134 cm³/mol. The van der Waals surface area contributed by atoms with Crippen molar-refractivity contribution < 1.29 is 27.5 Å². The van der Waals surface area contributed by atoms with Crippen LogP contribution in [0.1, 0.15) is 45.8 Å². The van der Waals surface area contributed by atoms with Crippen LogP contribution in [0, 0.1) is 19.3 Å². The molecule has 1 aliphatic rings. The molecule has 1 aliphatic heterocycles. The van der Waals surface area contributed by atoms with Crippen molar-refractivity contribution in [2.75, 3.05) is 18.5 Å². The lowest BCUT2D eigenvalue weighted by molar-refractivity contribution is -0.137. The number of amides is 1. The van der Waals surface area contributed by atoms with Crippen molar-refractivity contribution in [2.45, 2.75) is 39.4 Å². The van der Waals surface area contributed by atoms with Gasteiger partial charge in [-0.2, -0.15) is 13.2 Å². The Morgan fingerprint density at radius 2 is 1.84 bits per heavy atom. The molecule has 1 saturated heterocycles. The molecule has 1 atom stereocenters. The maximum atomic E-state index is 13.4. The summed E-state index contributed by atoms with van der Waals surface area (Å²) in [6, 6.07) is 5.40. The first-order chi connectivity index (χ1) is 18.0. The molecule has 0 aliphatic carbocycles. The van der Waals surface area contributed by atoms with E-state index in [0.717, 1.165) is 6.07 Å². The van der Waals surface area contributed by atoms with E-state index in [-0.39, 0.29) is 47.7 Å². The number of carbonyl (C=O) groups excluding carboxylic acids is 2. The molecule has 3 heterocycles. The molecule has 12 heteroatoms. The molecule has 0 saturated carbocycles. The lowest BCUT2D eigenvalue weighted by atomic mass is 9.80. The molecule has 0 unspecified atom stereocenters. The zero-order chi connectivity index (χ0) is 27.5. The van der Waals surface area contributed by atoms with Crippen molar-refractivity contribution in [1.29, 1.82) is 0 Å². The van der Waals surface area contributed by atoms with E-state index in [0.29, 0.717) is 35.7 Å². The number of nitrogens with zero attached hydrogens (tertiary/aromatic N) is 3. The summed E-state index contributed by atoms with van der Waals surface area (Å²) in [5.41, 5.74) is -0.636. The zero-order valence-electron chi connectivity index (χ0n) is 20.7. The Labute approximate surface area is 222 Å². The molecule has 8 nitrogen and oxygen atoms in total. The number of hydrogen-bond acceptors (Lipinski definition) is 7. The van der Waals surface area contributed by atoms with Gasteiger partial charge in [0.15, 0.2) is 5.78 Å². The minimum absolute atomic E-state index is 0.0418. The number of carbonyl (C=O) groups is 2. The van der Waals surface area contributed by atoms with Crippen LogP contribution in [-0.2, 0) is 22.3 Å². The Balaban J connectivity index is 1.44. The highest BCUT2D eigenvalue weighted by molar-refractivity contribution is 6.31. The number of rotatable bonds is 8. The minimum atomic E-state index is -4.54. The fourth-order valence-corrected chi connectivity index (χ4v) is 4.36. The Kier molecular flexibility index (Phi) is 7.98. The first kappa shape index (κ1) is 27.5. The first-order valence-electron chi connectivity index (χ1n) is 11.7. The number of ether oxygens (including phenoxy) is 1. The van der Waals surface area contributed by atoms with Gasteiger partial charge >= 0.3 is 6.18 Å². The monoisotopic (exact) mass is 547 g/mol. The lowest BCUT2D eigenvalue weighted by Crippen LogP contribution is -2.43. The fraction of sp³-hybridized carbons (Fsp3) is 0.346. The summed E-state index contributed by atoms with van der Waals surface area (Å²) in [4.78, 5) is 38.3. The van der Waals surface area contributed by atoms with Gasteiger partial charge in [0.2, 0.25) is 5.91 Å². The second-order valence-corrected chi connectivity index (χ2v) is 9.62. The van der Waals surface area contributed by atoms with Crippen LogP contribution >= 0.6 is 11.6 Å². The molecule has 1 amide bonds. The van der Waals surface area contributed by atoms with Gasteiger partial charge in [-0.3, -0.25) is 14.6 Å². The molecule has 0 radical (unpaired) electrons. The van der Waals surface area contributed by atoms with Gasteiger partial charge in [0.1, 0.15) is 5.82 Å². The number of aryl methyl sites for hydroxylation is 2. The number of Topliss-reactive ketones (excluding diaryl/α,β-unsaturated/α-hetero) is 1. The number of benzene rings is 1. The predicted octanol–water partition coefficient (Wildman–Crippen LogP) is 5.20. The Bertz CT molecular complexity index is 1340. The first-order valence-corrected chi connectivity index (χ1v) is 12.1. The van der Waals surface area contributed by atoms with E-state index in [1.807, 2.05) is 0 Å². The third-order valence-electron chi connectivity index (χ3n) is 6.28. The molecular formula is C26H25ClF3N5O3. The zero-order valence-corrected chi connectivity index (χ0v) is 21.4.